The average molecular weight is 298 g/mol. The molecule has 1 aliphatic heterocycles. The first-order chi connectivity index (χ1) is 9.16. The number of rotatable bonds is 5. The van der Waals surface area contributed by atoms with Crippen LogP contribution in [0.5, 0.6) is 5.75 Å². The van der Waals surface area contributed by atoms with Gasteiger partial charge in [-0.15, -0.1) is 12.4 Å². The fourth-order valence-electron chi connectivity index (χ4n) is 2.75. The molecule has 0 aliphatic carbocycles. The Morgan fingerprint density at radius 3 is 2.60 bits per heavy atom. The third kappa shape index (κ3) is 4.99. The third-order valence-corrected chi connectivity index (χ3v) is 4.03. The number of ether oxygens (including phenoxy) is 1. The molecular formula is C17H28ClNO. The van der Waals surface area contributed by atoms with Crippen LogP contribution in [-0.2, 0) is 0 Å². The lowest BCUT2D eigenvalue weighted by Gasteiger charge is -2.23. The second-order valence-electron chi connectivity index (χ2n) is 6.03. The Morgan fingerprint density at radius 2 is 1.95 bits per heavy atom. The summed E-state index contributed by atoms with van der Waals surface area (Å²) in [5, 5.41) is 3.41. The Balaban J connectivity index is 0.00000200. The molecule has 1 fully saturated rings. The van der Waals surface area contributed by atoms with Crippen LogP contribution in [0.3, 0.4) is 0 Å². The van der Waals surface area contributed by atoms with Gasteiger partial charge < -0.3 is 10.1 Å². The van der Waals surface area contributed by atoms with Crippen molar-refractivity contribution in [3.63, 3.8) is 0 Å². The molecular weight excluding hydrogens is 270 g/mol. The van der Waals surface area contributed by atoms with Crippen LogP contribution in [0.2, 0.25) is 0 Å². The van der Waals surface area contributed by atoms with Crippen LogP contribution in [0.25, 0.3) is 0 Å². The largest absolute Gasteiger partial charge is 0.493 e. The van der Waals surface area contributed by atoms with Gasteiger partial charge in [-0.1, -0.05) is 26.0 Å². The van der Waals surface area contributed by atoms with Crippen LogP contribution in [0.1, 0.15) is 50.2 Å². The summed E-state index contributed by atoms with van der Waals surface area (Å²) < 4.78 is 6.06. The number of piperidine rings is 1. The molecule has 2 nitrogen and oxygen atoms in total. The van der Waals surface area contributed by atoms with E-state index in [4.69, 9.17) is 4.74 Å². The predicted molar refractivity (Wildman–Crippen MR) is 88.2 cm³/mol. The van der Waals surface area contributed by atoms with Gasteiger partial charge in [0.15, 0.2) is 0 Å². The number of aryl methyl sites for hydroxylation is 1. The highest BCUT2D eigenvalue weighted by molar-refractivity contribution is 5.85. The minimum Gasteiger partial charge on any atom is -0.493 e. The van der Waals surface area contributed by atoms with Crippen molar-refractivity contribution in [2.75, 3.05) is 19.7 Å². The summed E-state index contributed by atoms with van der Waals surface area (Å²) in [7, 11) is 0. The lowest BCUT2D eigenvalue weighted by Crippen LogP contribution is -2.28. The van der Waals surface area contributed by atoms with Crippen LogP contribution in [0.4, 0.5) is 0 Å². The maximum Gasteiger partial charge on any atom is 0.122 e. The van der Waals surface area contributed by atoms with E-state index in [1.165, 1.54) is 43.5 Å². The fraction of sp³-hybridized carbons (Fsp3) is 0.647. The van der Waals surface area contributed by atoms with Crippen molar-refractivity contribution in [3.05, 3.63) is 29.3 Å². The van der Waals surface area contributed by atoms with Crippen LogP contribution in [-0.4, -0.2) is 19.7 Å². The molecule has 0 amide bonds. The average Bonchev–Trinajstić information content (AvgIpc) is 2.39. The van der Waals surface area contributed by atoms with Crippen molar-refractivity contribution in [3.8, 4) is 5.75 Å². The van der Waals surface area contributed by atoms with Crippen LogP contribution in [0, 0.1) is 12.8 Å². The van der Waals surface area contributed by atoms with Gasteiger partial charge in [-0.2, -0.15) is 0 Å². The molecule has 0 radical (unpaired) electrons. The SMILES string of the molecule is Cc1ccc(C(C)C)c(OCCC2CCNCC2)c1.Cl. The molecule has 3 heteroatoms. The molecule has 1 N–H and O–H groups in total. The van der Waals surface area contributed by atoms with Crippen molar-refractivity contribution >= 4 is 12.4 Å². The topological polar surface area (TPSA) is 21.3 Å². The Morgan fingerprint density at radius 1 is 1.25 bits per heavy atom. The van der Waals surface area contributed by atoms with Gasteiger partial charge in [0, 0.05) is 0 Å². The number of benzene rings is 1. The Kier molecular flexibility index (Phi) is 7.39. The van der Waals surface area contributed by atoms with Gasteiger partial charge in [-0.05, 0) is 68.3 Å². The highest BCUT2D eigenvalue weighted by Gasteiger charge is 2.13. The smallest absolute Gasteiger partial charge is 0.122 e. The summed E-state index contributed by atoms with van der Waals surface area (Å²) in [5.74, 6) is 2.45. The number of hydrogen-bond acceptors (Lipinski definition) is 2. The molecule has 2 rings (SSSR count). The molecule has 0 unspecified atom stereocenters. The first-order valence-corrected chi connectivity index (χ1v) is 7.61. The number of hydrogen-bond donors (Lipinski definition) is 1. The second-order valence-corrected chi connectivity index (χ2v) is 6.03. The summed E-state index contributed by atoms with van der Waals surface area (Å²) in [6.07, 6.45) is 3.79. The summed E-state index contributed by atoms with van der Waals surface area (Å²) in [5.41, 5.74) is 2.61. The van der Waals surface area contributed by atoms with Crippen LogP contribution < -0.4 is 10.1 Å². The standard InChI is InChI=1S/C17H27NO.ClH/c1-13(2)16-5-4-14(3)12-17(16)19-11-8-15-6-9-18-10-7-15;/h4-5,12-13,15,18H,6-11H2,1-3H3;1H. The fourth-order valence-corrected chi connectivity index (χ4v) is 2.75. The van der Waals surface area contributed by atoms with E-state index in [0.717, 1.165) is 18.3 Å². The first kappa shape index (κ1) is 17.3. The highest BCUT2D eigenvalue weighted by Crippen LogP contribution is 2.28. The summed E-state index contributed by atoms with van der Waals surface area (Å²) in [6.45, 7) is 9.78. The van der Waals surface area contributed by atoms with Gasteiger partial charge in [-0.25, -0.2) is 0 Å². The van der Waals surface area contributed by atoms with E-state index in [1.807, 2.05) is 0 Å². The number of nitrogens with one attached hydrogen (secondary N) is 1. The van der Waals surface area contributed by atoms with E-state index in [0.29, 0.717) is 5.92 Å². The Hall–Kier alpha value is -0.730. The molecule has 0 spiro atoms. The molecule has 0 aromatic heterocycles. The van der Waals surface area contributed by atoms with Crippen molar-refractivity contribution in [2.45, 2.75) is 46.0 Å². The minimum absolute atomic E-state index is 0. The minimum atomic E-state index is 0. The van der Waals surface area contributed by atoms with Crippen molar-refractivity contribution in [2.24, 2.45) is 5.92 Å². The summed E-state index contributed by atoms with van der Waals surface area (Å²) in [6, 6.07) is 6.56. The van der Waals surface area contributed by atoms with E-state index in [9.17, 15) is 0 Å². The zero-order valence-corrected chi connectivity index (χ0v) is 13.8. The maximum absolute atomic E-state index is 6.06. The molecule has 0 atom stereocenters. The van der Waals surface area contributed by atoms with E-state index >= 15 is 0 Å². The van der Waals surface area contributed by atoms with Gasteiger partial charge in [-0.3, -0.25) is 0 Å². The summed E-state index contributed by atoms with van der Waals surface area (Å²) in [4.78, 5) is 0. The zero-order chi connectivity index (χ0) is 13.7. The molecule has 0 saturated carbocycles. The van der Waals surface area contributed by atoms with Crippen LogP contribution in [0.15, 0.2) is 18.2 Å². The molecule has 114 valence electrons. The van der Waals surface area contributed by atoms with E-state index in [2.05, 4.69) is 44.3 Å². The predicted octanol–water partition coefficient (Wildman–Crippen LogP) is 4.31. The van der Waals surface area contributed by atoms with Crippen molar-refractivity contribution in [1.29, 1.82) is 0 Å². The maximum atomic E-state index is 6.06. The molecule has 0 bridgehead atoms. The van der Waals surface area contributed by atoms with Gasteiger partial charge in [0.05, 0.1) is 6.61 Å². The molecule has 1 aromatic carbocycles. The Bertz CT molecular complexity index is 400. The molecule has 1 heterocycles. The number of halogens is 1. The van der Waals surface area contributed by atoms with Gasteiger partial charge >= 0.3 is 0 Å². The molecule has 1 saturated heterocycles. The third-order valence-electron chi connectivity index (χ3n) is 4.03. The van der Waals surface area contributed by atoms with Gasteiger partial charge in [0.2, 0.25) is 0 Å². The molecule has 20 heavy (non-hydrogen) atoms. The second kappa shape index (κ2) is 8.53. The lowest BCUT2D eigenvalue weighted by atomic mass is 9.95. The first-order valence-electron chi connectivity index (χ1n) is 7.61. The van der Waals surface area contributed by atoms with Gasteiger partial charge in [0.25, 0.3) is 0 Å². The molecule has 1 aliphatic rings. The Labute approximate surface area is 129 Å². The van der Waals surface area contributed by atoms with E-state index in [-0.39, 0.29) is 12.4 Å². The van der Waals surface area contributed by atoms with E-state index in [1.54, 1.807) is 0 Å². The monoisotopic (exact) mass is 297 g/mol. The quantitative estimate of drug-likeness (QED) is 0.874. The van der Waals surface area contributed by atoms with E-state index < -0.39 is 0 Å². The van der Waals surface area contributed by atoms with Crippen molar-refractivity contribution in [1.82, 2.24) is 5.32 Å². The van der Waals surface area contributed by atoms with Crippen LogP contribution >= 0.6 is 12.4 Å². The van der Waals surface area contributed by atoms with Crippen molar-refractivity contribution < 1.29 is 4.74 Å². The van der Waals surface area contributed by atoms with Gasteiger partial charge in [0.1, 0.15) is 5.75 Å². The summed E-state index contributed by atoms with van der Waals surface area (Å²) >= 11 is 0. The zero-order valence-electron chi connectivity index (χ0n) is 12.9. The highest BCUT2D eigenvalue weighted by atomic mass is 35.5. The normalized spacial score (nSPS) is 16.0. The molecule has 1 aromatic rings. The lowest BCUT2D eigenvalue weighted by molar-refractivity contribution is 0.249.